The summed E-state index contributed by atoms with van der Waals surface area (Å²) in [4.78, 5) is 12.0. The highest BCUT2D eigenvalue weighted by molar-refractivity contribution is 5.64. The topological polar surface area (TPSA) is 17.1 Å². The first-order chi connectivity index (χ1) is 8.58. The van der Waals surface area contributed by atoms with Gasteiger partial charge in [0.25, 0.3) is 0 Å². The van der Waals surface area contributed by atoms with Crippen molar-refractivity contribution in [2.24, 2.45) is 46.3 Å². The quantitative estimate of drug-likeness (QED) is 0.411. The Balaban J connectivity index is 1.87. The van der Waals surface area contributed by atoms with Crippen LogP contribution in [0.2, 0.25) is 0 Å². The molecule has 0 saturated heterocycles. The standard InChI is InChI=1S/C17H24O/c1-4-16(3)10(2)17(9-18)8-13(16)14-11-5-6-12(7-11)15(14)17/h5-6,9-15H,4,7-8H2,1-3H3. The average Bonchev–Trinajstić information content (AvgIpc) is 3.09. The van der Waals surface area contributed by atoms with E-state index < -0.39 is 0 Å². The second-order valence-corrected chi connectivity index (χ2v) is 7.67. The van der Waals surface area contributed by atoms with Gasteiger partial charge in [-0.15, -0.1) is 0 Å². The van der Waals surface area contributed by atoms with Crippen LogP contribution in [0.25, 0.3) is 0 Å². The first-order valence-corrected chi connectivity index (χ1v) is 7.73. The van der Waals surface area contributed by atoms with Gasteiger partial charge in [-0.05, 0) is 53.8 Å². The molecule has 4 aliphatic carbocycles. The van der Waals surface area contributed by atoms with Crippen molar-refractivity contribution >= 4 is 6.29 Å². The highest BCUT2D eigenvalue weighted by atomic mass is 16.1. The molecule has 0 aromatic carbocycles. The van der Waals surface area contributed by atoms with Gasteiger partial charge in [0.15, 0.2) is 0 Å². The number of rotatable bonds is 2. The van der Waals surface area contributed by atoms with E-state index in [1.807, 2.05) is 0 Å². The van der Waals surface area contributed by atoms with Gasteiger partial charge in [0.2, 0.25) is 0 Å². The molecule has 4 aliphatic rings. The Morgan fingerprint density at radius 2 is 2.06 bits per heavy atom. The van der Waals surface area contributed by atoms with E-state index in [2.05, 4.69) is 32.9 Å². The van der Waals surface area contributed by atoms with Crippen LogP contribution in [0, 0.1) is 46.3 Å². The first kappa shape index (κ1) is 11.3. The summed E-state index contributed by atoms with van der Waals surface area (Å²) in [5.41, 5.74) is 0.421. The average molecular weight is 244 g/mol. The van der Waals surface area contributed by atoms with E-state index in [0.29, 0.717) is 17.3 Å². The van der Waals surface area contributed by atoms with E-state index >= 15 is 0 Å². The van der Waals surface area contributed by atoms with Gasteiger partial charge in [-0.1, -0.05) is 39.3 Å². The van der Waals surface area contributed by atoms with Crippen LogP contribution in [0.5, 0.6) is 0 Å². The largest absolute Gasteiger partial charge is 0.303 e. The first-order valence-electron chi connectivity index (χ1n) is 7.73. The molecule has 0 heterocycles. The molecule has 8 unspecified atom stereocenters. The molecule has 4 bridgehead atoms. The zero-order valence-corrected chi connectivity index (χ0v) is 11.7. The number of carbonyl (C=O) groups excluding carboxylic acids is 1. The molecule has 0 radical (unpaired) electrons. The fourth-order valence-electron chi connectivity index (χ4n) is 6.69. The van der Waals surface area contributed by atoms with Gasteiger partial charge in [-0.2, -0.15) is 0 Å². The predicted octanol–water partition coefficient (Wildman–Crippen LogP) is 3.70. The smallest absolute Gasteiger partial charge is 0.126 e. The Bertz CT molecular complexity index is 439. The maximum absolute atomic E-state index is 12.0. The number of aldehydes is 1. The SMILES string of the molecule is CCC1(C)C2CC(C=O)(C3C4C=CC(C4)C23)C1C. The van der Waals surface area contributed by atoms with Crippen molar-refractivity contribution in [1.82, 2.24) is 0 Å². The van der Waals surface area contributed by atoms with Crippen molar-refractivity contribution in [2.75, 3.05) is 0 Å². The molecule has 3 fully saturated rings. The number of allylic oxidation sites excluding steroid dienone is 2. The second kappa shape index (κ2) is 3.11. The van der Waals surface area contributed by atoms with E-state index in [9.17, 15) is 4.79 Å². The number of hydrogen-bond acceptors (Lipinski definition) is 1. The lowest BCUT2D eigenvalue weighted by atomic mass is 9.53. The molecule has 0 N–H and O–H groups in total. The van der Waals surface area contributed by atoms with Crippen LogP contribution < -0.4 is 0 Å². The summed E-state index contributed by atoms with van der Waals surface area (Å²) in [5, 5.41) is 0. The Labute approximate surface area is 110 Å². The van der Waals surface area contributed by atoms with Crippen molar-refractivity contribution in [2.45, 2.75) is 40.0 Å². The lowest BCUT2D eigenvalue weighted by Gasteiger charge is -2.50. The predicted molar refractivity (Wildman–Crippen MR) is 71.9 cm³/mol. The van der Waals surface area contributed by atoms with Crippen LogP contribution >= 0.6 is 0 Å². The lowest BCUT2D eigenvalue weighted by Crippen LogP contribution is -2.48. The molecule has 0 aromatic rings. The van der Waals surface area contributed by atoms with Gasteiger partial charge in [0, 0.05) is 5.41 Å². The molecule has 0 amide bonds. The Hall–Kier alpha value is -0.590. The van der Waals surface area contributed by atoms with Crippen molar-refractivity contribution in [1.29, 1.82) is 0 Å². The van der Waals surface area contributed by atoms with Crippen LogP contribution in [0.4, 0.5) is 0 Å². The maximum Gasteiger partial charge on any atom is 0.126 e. The molecule has 1 heteroatoms. The van der Waals surface area contributed by atoms with Gasteiger partial charge >= 0.3 is 0 Å². The molecule has 4 rings (SSSR count). The van der Waals surface area contributed by atoms with Crippen molar-refractivity contribution in [3.63, 3.8) is 0 Å². The van der Waals surface area contributed by atoms with Crippen LogP contribution in [0.3, 0.4) is 0 Å². The van der Waals surface area contributed by atoms with Crippen LogP contribution in [0.15, 0.2) is 12.2 Å². The molecule has 0 spiro atoms. The molecule has 3 saturated carbocycles. The fraction of sp³-hybridized carbons (Fsp3) is 0.824. The van der Waals surface area contributed by atoms with Gasteiger partial charge in [0.05, 0.1) is 0 Å². The summed E-state index contributed by atoms with van der Waals surface area (Å²) < 4.78 is 0. The third-order valence-corrected chi connectivity index (χ3v) is 7.80. The summed E-state index contributed by atoms with van der Waals surface area (Å²) in [7, 11) is 0. The number of hydrogen-bond donors (Lipinski definition) is 0. The zero-order valence-electron chi connectivity index (χ0n) is 11.7. The van der Waals surface area contributed by atoms with E-state index in [0.717, 1.165) is 23.7 Å². The van der Waals surface area contributed by atoms with Crippen LogP contribution in [-0.4, -0.2) is 6.29 Å². The van der Waals surface area contributed by atoms with E-state index in [1.54, 1.807) is 0 Å². The normalized spacial score (nSPS) is 63.5. The van der Waals surface area contributed by atoms with Crippen molar-refractivity contribution < 1.29 is 4.79 Å². The number of carbonyl (C=O) groups is 1. The molecular formula is C17H24O. The van der Waals surface area contributed by atoms with Gasteiger partial charge in [0.1, 0.15) is 6.29 Å². The molecule has 8 atom stereocenters. The molecule has 0 aromatic heterocycles. The van der Waals surface area contributed by atoms with E-state index in [-0.39, 0.29) is 5.41 Å². The maximum atomic E-state index is 12.0. The van der Waals surface area contributed by atoms with Crippen molar-refractivity contribution in [3.8, 4) is 0 Å². The molecule has 1 nitrogen and oxygen atoms in total. The van der Waals surface area contributed by atoms with Crippen LogP contribution in [-0.2, 0) is 4.79 Å². The minimum absolute atomic E-state index is 0.0181. The Kier molecular flexibility index (Phi) is 1.94. The summed E-state index contributed by atoms with van der Waals surface area (Å²) >= 11 is 0. The summed E-state index contributed by atoms with van der Waals surface area (Å²) in [6.45, 7) is 7.15. The highest BCUT2D eigenvalue weighted by Gasteiger charge is 2.73. The van der Waals surface area contributed by atoms with E-state index in [4.69, 9.17) is 0 Å². The van der Waals surface area contributed by atoms with Crippen LogP contribution in [0.1, 0.15) is 40.0 Å². The van der Waals surface area contributed by atoms with Gasteiger partial charge in [-0.3, -0.25) is 0 Å². The molecule has 98 valence electrons. The molecular weight excluding hydrogens is 220 g/mol. The van der Waals surface area contributed by atoms with Gasteiger partial charge < -0.3 is 4.79 Å². The summed E-state index contributed by atoms with van der Waals surface area (Å²) in [6, 6.07) is 0. The number of fused-ring (bicyclic) bond motifs is 9. The van der Waals surface area contributed by atoms with E-state index in [1.165, 1.54) is 25.5 Å². The summed E-state index contributed by atoms with van der Waals surface area (Å²) in [5.74, 6) is 4.40. The minimum atomic E-state index is 0.0181. The Morgan fingerprint density at radius 3 is 2.72 bits per heavy atom. The minimum Gasteiger partial charge on any atom is -0.303 e. The summed E-state index contributed by atoms with van der Waals surface area (Å²) in [6.07, 6.45) is 10.0. The third-order valence-electron chi connectivity index (χ3n) is 7.80. The monoisotopic (exact) mass is 244 g/mol. The fourth-order valence-corrected chi connectivity index (χ4v) is 6.69. The third kappa shape index (κ3) is 0.907. The second-order valence-electron chi connectivity index (χ2n) is 7.67. The van der Waals surface area contributed by atoms with Crippen molar-refractivity contribution in [3.05, 3.63) is 12.2 Å². The Morgan fingerprint density at radius 1 is 1.33 bits per heavy atom. The highest BCUT2D eigenvalue weighted by Crippen LogP contribution is 2.77. The molecule has 18 heavy (non-hydrogen) atoms. The van der Waals surface area contributed by atoms with Gasteiger partial charge in [-0.25, -0.2) is 0 Å². The lowest BCUT2D eigenvalue weighted by molar-refractivity contribution is -0.126. The molecule has 0 aliphatic heterocycles. The zero-order chi connectivity index (χ0) is 12.7.